The number of thiophene rings is 1. The fourth-order valence-electron chi connectivity index (χ4n) is 2.80. The summed E-state index contributed by atoms with van der Waals surface area (Å²) in [4.78, 5) is 2.15. The van der Waals surface area contributed by atoms with Gasteiger partial charge in [-0.3, -0.25) is 0 Å². The van der Waals surface area contributed by atoms with E-state index in [1.165, 1.54) is 16.5 Å². The average Bonchev–Trinajstić information content (AvgIpc) is 3.35. The van der Waals surface area contributed by atoms with Crippen molar-refractivity contribution in [2.45, 2.75) is 13.1 Å². The van der Waals surface area contributed by atoms with Crippen molar-refractivity contribution in [1.29, 1.82) is 0 Å². The highest BCUT2D eigenvalue weighted by atomic mass is 32.1. The van der Waals surface area contributed by atoms with E-state index in [4.69, 9.17) is 0 Å². The lowest BCUT2D eigenvalue weighted by atomic mass is 10.2. The van der Waals surface area contributed by atoms with E-state index in [2.05, 4.69) is 40.7 Å². The molecule has 1 N–H and O–H groups in total. The summed E-state index contributed by atoms with van der Waals surface area (Å²) in [6.45, 7) is 1.55. The van der Waals surface area contributed by atoms with Gasteiger partial charge in [-0.2, -0.15) is 5.10 Å². The summed E-state index contributed by atoms with van der Waals surface area (Å²) in [5, 5.41) is 7.67. The smallest absolute Gasteiger partial charge is 0.131 e. The summed E-state index contributed by atoms with van der Waals surface area (Å²) in [6.07, 6.45) is 3.70. The minimum atomic E-state index is -0.175. The van der Waals surface area contributed by atoms with Crippen molar-refractivity contribution in [1.82, 2.24) is 15.1 Å². The van der Waals surface area contributed by atoms with Crippen LogP contribution in [0.2, 0.25) is 0 Å². The van der Waals surface area contributed by atoms with Crippen LogP contribution >= 0.6 is 11.3 Å². The first kappa shape index (κ1) is 16.7. The molecule has 2 heterocycles. The quantitative estimate of drug-likeness (QED) is 0.521. The molecule has 0 aliphatic carbocycles. The monoisotopic (exact) mass is 363 g/mol. The number of nitrogens with one attached hydrogen (secondary N) is 1. The first-order chi connectivity index (χ1) is 12.8. The first-order valence-corrected chi connectivity index (χ1v) is 9.24. The van der Waals surface area contributed by atoms with Gasteiger partial charge in [-0.1, -0.05) is 30.3 Å². The maximum atomic E-state index is 13.9. The predicted octanol–water partition coefficient (Wildman–Crippen LogP) is 5.03. The highest BCUT2D eigenvalue weighted by Crippen LogP contribution is 2.29. The second-order valence-electron chi connectivity index (χ2n) is 5.97. The normalized spacial score (nSPS) is 11.0. The van der Waals surface area contributed by atoms with Crippen molar-refractivity contribution in [3.8, 4) is 16.1 Å². The standard InChI is InChI=1S/C21H18FN3S/c22-20-5-2-1-4-19(20)21-11-10-18(26-21)15-23-14-16-6-8-17(9-7-16)25-13-3-12-24-25/h1-13,23H,14-15H2. The average molecular weight is 363 g/mol. The topological polar surface area (TPSA) is 29.9 Å². The summed E-state index contributed by atoms with van der Waals surface area (Å²) in [7, 11) is 0. The molecule has 2 aromatic carbocycles. The molecular formula is C21H18FN3S. The SMILES string of the molecule is Fc1ccccc1-c1ccc(CNCc2ccc(-n3cccn3)cc2)s1. The van der Waals surface area contributed by atoms with Gasteiger partial charge in [0.05, 0.1) is 5.69 Å². The van der Waals surface area contributed by atoms with Gasteiger partial charge in [-0.15, -0.1) is 11.3 Å². The summed E-state index contributed by atoms with van der Waals surface area (Å²) in [5.74, 6) is -0.175. The van der Waals surface area contributed by atoms with Gasteiger partial charge in [0.25, 0.3) is 0 Å². The van der Waals surface area contributed by atoms with Crippen molar-refractivity contribution in [2.75, 3.05) is 0 Å². The number of rotatable bonds is 6. The van der Waals surface area contributed by atoms with Crippen LogP contribution in [0.25, 0.3) is 16.1 Å². The summed E-state index contributed by atoms with van der Waals surface area (Å²) < 4.78 is 15.7. The maximum Gasteiger partial charge on any atom is 0.131 e. The van der Waals surface area contributed by atoms with Gasteiger partial charge < -0.3 is 5.32 Å². The Morgan fingerprint density at radius 2 is 1.77 bits per heavy atom. The molecule has 26 heavy (non-hydrogen) atoms. The molecule has 2 aromatic heterocycles. The van der Waals surface area contributed by atoms with Gasteiger partial charge in [-0.25, -0.2) is 9.07 Å². The molecule has 0 atom stereocenters. The molecule has 0 spiro atoms. The zero-order valence-corrected chi connectivity index (χ0v) is 14.9. The zero-order chi connectivity index (χ0) is 17.8. The van der Waals surface area contributed by atoms with Crippen LogP contribution in [-0.4, -0.2) is 9.78 Å². The molecule has 0 saturated heterocycles. The minimum Gasteiger partial charge on any atom is -0.308 e. The molecule has 0 radical (unpaired) electrons. The second kappa shape index (κ2) is 7.64. The number of benzene rings is 2. The predicted molar refractivity (Wildman–Crippen MR) is 104 cm³/mol. The van der Waals surface area contributed by atoms with Crippen molar-refractivity contribution < 1.29 is 4.39 Å². The Hall–Kier alpha value is -2.76. The van der Waals surface area contributed by atoms with Gasteiger partial charge >= 0.3 is 0 Å². The molecule has 0 unspecified atom stereocenters. The van der Waals surface area contributed by atoms with E-state index in [9.17, 15) is 4.39 Å². The van der Waals surface area contributed by atoms with E-state index in [0.717, 1.165) is 23.7 Å². The molecule has 4 rings (SSSR count). The number of hydrogen-bond donors (Lipinski definition) is 1. The Balaban J connectivity index is 1.34. The molecule has 5 heteroatoms. The lowest BCUT2D eigenvalue weighted by molar-refractivity contribution is 0.631. The van der Waals surface area contributed by atoms with Crippen LogP contribution < -0.4 is 5.32 Å². The maximum absolute atomic E-state index is 13.9. The van der Waals surface area contributed by atoms with Gasteiger partial charge in [0, 0.05) is 40.8 Å². The first-order valence-electron chi connectivity index (χ1n) is 8.43. The van der Waals surface area contributed by atoms with Gasteiger partial charge in [0.2, 0.25) is 0 Å². The van der Waals surface area contributed by atoms with Crippen molar-refractivity contribution in [3.63, 3.8) is 0 Å². The van der Waals surface area contributed by atoms with Crippen LogP contribution in [0.1, 0.15) is 10.4 Å². The third-order valence-corrected chi connectivity index (χ3v) is 5.25. The third kappa shape index (κ3) is 3.74. The number of halogens is 1. The van der Waals surface area contributed by atoms with E-state index in [1.54, 1.807) is 23.6 Å². The molecule has 0 amide bonds. The lowest BCUT2D eigenvalue weighted by Gasteiger charge is -2.06. The third-order valence-electron chi connectivity index (χ3n) is 4.13. The fourth-order valence-corrected chi connectivity index (χ4v) is 3.80. The Bertz CT molecular complexity index is 975. The molecule has 0 fully saturated rings. The molecule has 3 nitrogen and oxygen atoms in total. The largest absolute Gasteiger partial charge is 0.308 e. The van der Waals surface area contributed by atoms with E-state index in [-0.39, 0.29) is 5.82 Å². The summed E-state index contributed by atoms with van der Waals surface area (Å²) >= 11 is 1.62. The number of aromatic nitrogens is 2. The molecule has 0 bridgehead atoms. The Morgan fingerprint density at radius 1 is 0.923 bits per heavy atom. The molecule has 130 valence electrons. The molecular weight excluding hydrogens is 345 g/mol. The zero-order valence-electron chi connectivity index (χ0n) is 14.1. The summed E-state index contributed by atoms with van der Waals surface area (Å²) in [6, 6.07) is 21.2. The van der Waals surface area contributed by atoms with Crippen LogP contribution in [0.3, 0.4) is 0 Å². The Labute approximate surface area is 155 Å². The van der Waals surface area contributed by atoms with E-state index in [0.29, 0.717) is 5.56 Å². The van der Waals surface area contributed by atoms with Crippen LogP contribution in [0.4, 0.5) is 4.39 Å². The number of hydrogen-bond acceptors (Lipinski definition) is 3. The van der Waals surface area contributed by atoms with Crippen molar-refractivity contribution in [2.24, 2.45) is 0 Å². The van der Waals surface area contributed by atoms with E-state index >= 15 is 0 Å². The van der Waals surface area contributed by atoms with E-state index < -0.39 is 0 Å². The van der Waals surface area contributed by atoms with Gasteiger partial charge in [-0.05, 0) is 42.0 Å². The second-order valence-corrected chi connectivity index (χ2v) is 7.13. The highest BCUT2D eigenvalue weighted by molar-refractivity contribution is 7.15. The highest BCUT2D eigenvalue weighted by Gasteiger charge is 2.07. The number of nitrogens with zero attached hydrogens (tertiary/aromatic N) is 2. The van der Waals surface area contributed by atoms with Crippen LogP contribution in [0.5, 0.6) is 0 Å². The minimum absolute atomic E-state index is 0.175. The fraction of sp³-hybridized carbons (Fsp3) is 0.0952. The Kier molecular flexibility index (Phi) is 4.91. The lowest BCUT2D eigenvalue weighted by Crippen LogP contribution is -2.11. The van der Waals surface area contributed by atoms with Gasteiger partial charge in [0.1, 0.15) is 5.82 Å². The van der Waals surface area contributed by atoms with E-state index in [1.807, 2.05) is 35.1 Å². The molecule has 0 aliphatic heterocycles. The van der Waals surface area contributed by atoms with Crippen LogP contribution in [0.15, 0.2) is 79.1 Å². The molecule has 0 saturated carbocycles. The van der Waals surface area contributed by atoms with Crippen molar-refractivity contribution >= 4 is 11.3 Å². The van der Waals surface area contributed by atoms with Gasteiger partial charge in [0.15, 0.2) is 0 Å². The summed E-state index contributed by atoms with van der Waals surface area (Å²) in [5.41, 5.74) is 2.93. The van der Waals surface area contributed by atoms with Crippen molar-refractivity contribution in [3.05, 3.63) is 95.4 Å². The van der Waals surface area contributed by atoms with Crippen LogP contribution in [0, 0.1) is 5.82 Å². The molecule has 4 aromatic rings. The molecule has 0 aliphatic rings. The Morgan fingerprint density at radius 3 is 2.54 bits per heavy atom. The van der Waals surface area contributed by atoms with Crippen LogP contribution in [-0.2, 0) is 13.1 Å².